The first-order valence-corrected chi connectivity index (χ1v) is 8.00. The first-order chi connectivity index (χ1) is 11.4. The Labute approximate surface area is 140 Å². The van der Waals surface area contributed by atoms with E-state index in [1.54, 1.807) is 0 Å². The number of nitrogens with zero attached hydrogens (tertiary/aromatic N) is 3. The molecular weight excluding hydrogens is 315 g/mol. The van der Waals surface area contributed by atoms with Gasteiger partial charge in [-0.15, -0.1) is 0 Å². The summed E-state index contributed by atoms with van der Waals surface area (Å²) in [6, 6.07) is 3.68. The molecule has 0 bridgehead atoms. The van der Waals surface area contributed by atoms with Crippen LogP contribution >= 0.6 is 0 Å². The zero-order valence-electron chi connectivity index (χ0n) is 14.0. The van der Waals surface area contributed by atoms with Gasteiger partial charge in [0.05, 0.1) is 16.7 Å². The molecule has 1 aliphatic rings. The quantitative estimate of drug-likeness (QED) is 0.630. The SMILES string of the molecule is CN(C)CCNC(=O)C1CCN(c2ccc([N+](=O)[O-])cc2F)CC1. The van der Waals surface area contributed by atoms with E-state index < -0.39 is 10.7 Å². The van der Waals surface area contributed by atoms with Crippen molar-refractivity contribution in [2.45, 2.75) is 12.8 Å². The van der Waals surface area contributed by atoms with Crippen molar-refractivity contribution < 1.29 is 14.1 Å². The average Bonchev–Trinajstić information content (AvgIpc) is 2.54. The Kier molecular flexibility index (Phi) is 6.08. The minimum atomic E-state index is -0.614. The third kappa shape index (κ3) is 4.64. The summed E-state index contributed by atoms with van der Waals surface area (Å²) in [4.78, 5) is 26.0. The van der Waals surface area contributed by atoms with E-state index in [2.05, 4.69) is 5.32 Å². The largest absolute Gasteiger partial charge is 0.369 e. The summed E-state index contributed by atoms with van der Waals surface area (Å²) in [7, 11) is 3.90. The minimum Gasteiger partial charge on any atom is -0.369 e. The Hall–Kier alpha value is -2.22. The lowest BCUT2D eigenvalue weighted by molar-refractivity contribution is -0.385. The van der Waals surface area contributed by atoms with E-state index in [1.807, 2.05) is 23.9 Å². The van der Waals surface area contributed by atoms with E-state index >= 15 is 0 Å². The molecule has 0 radical (unpaired) electrons. The number of anilines is 1. The highest BCUT2D eigenvalue weighted by Crippen LogP contribution is 2.28. The number of likely N-dealkylation sites (N-methyl/N-ethyl adjacent to an activating group) is 1. The number of nitro groups is 1. The second-order valence-corrected chi connectivity index (χ2v) is 6.25. The number of rotatable bonds is 6. The van der Waals surface area contributed by atoms with Gasteiger partial charge in [0, 0.05) is 38.2 Å². The predicted octanol–water partition coefficient (Wildman–Crippen LogP) is 1.63. The van der Waals surface area contributed by atoms with Crippen LogP contribution in [0.3, 0.4) is 0 Å². The van der Waals surface area contributed by atoms with E-state index in [-0.39, 0.29) is 17.5 Å². The molecule has 1 fully saturated rings. The van der Waals surface area contributed by atoms with Crippen LogP contribution in [-0.2, 0) is 4.79 Å². The molecule has 2 rings (SSSR count). The molecule has 8 heteroatoms. The number of piperidine rings is 1. The average molecular weight is 338 g/mol. The molecule has 1 saturated heterocycles. The second-order valence-electron chi connectivity index (χ2n) is 6.25. The van der Waals surface area contributed by atoms with Crippen LogP contribution in [0.4, 0.5) is 15.8 Å². The topological polar surface area (TPSA) is 78.7 Å². The maximum atomic E-state index is 14.1. The normalized spacial score (nSPS) is 15.6. The first kappa shape index (κ1) is 18.1. The smallest absolute Gasteiger partial charge is 0.272 e. The van der Waals surface area contributed by atoms with Crippen molar-refractivity contribution in [1.29, 1.82) is 0 Å². The van der Waals surface area contributed by atoms with Crippen molar-refractivity contribution in [1.82, 2.24) is 10.2 Å². The molecule has 7 nitrogen and oxygen atoms in total. The fourth-order valence-electron chi connectivity index (χ4n) is 2.80. The maximum absolute atomic E-state index is 14.1. The molecule has 1 amide bonds. The Morgan fingerprint density at radius 3 is 2.62 bits per heavy atom. The van der Waals surface area contributed by atoms with Gasteiger partial charge in [0.15, 0.2) is 5.82 Å². The number of nitro benzene ring substituents is 1. The van der Waals surface area contributed by atoms with Gasteiger partial charge in [-0.3, -0.25) is 14.9 Å². The number of halogens is 1. The van der Waals surface area contributed by atoms with Crippen LogP contribution in [-0.4, -0.2) is 56.0 Å². The standard InChI is InChI=1S/C16H23FN4O3/c1-19(2)10-7-18-16(22)12-5-8-20(9-6-12)15-4-3-13(21(23)24)11-14(15)17/h3-4,11-12H,5-10H2,1-2H3,(H,18,22). The molecule has 0 unspecified atom stereocenters. The van der Waals surface area contributed by atoms with Crippen LogP contribution in [0.15, 0.2) is 18.2 Å². The number of benzene rings is 1. The lowest BCUT2D eigenvalue weighted by atomic mass is 9.95. The van der Waals surface area contributed by atoms with Gasteiger partial charge >= 0.3 is 0 Å². The summed E-state index contributed by atoms with van der Waals surface area (Å²) in [6.45, 7) is 2.52. The number of amides is 1. The molecule has 1 aromatic carbocycles. The van der Waals surface area contributed by atoms with Crippen LogP contribution in [0.1, 0.15) is 12.8 Å². The monoisotopic (exact) mass is 338 g/mol. The lowest BCUT2D eigenvalue weighted by Gasteiger charge is -2.33. The Balaban J connectivity index is 1.88. The number of hydrogen-bond acceptors (Lipinski definition) is 5. The molecule has 0 spiro atoms. The molecule has 132 valence electrons. The summed E-state index contributed by atoms with van der Waals surface area (Å²) in [5.41, 5.74) is 0.0958. The molecule has 0 aliphatic carbocycles. The highest BCUT2D eigenvalue weighted by atomic mass is 19.1. The number of carbonyl (C=O) groups excluding carboxylic acids is 1. The molecule has 0 atom stereocenters. The van der Waals surface area contributed by atoms with E-state index in [9.17, 15) is 19.3 Å². The molecule has 0 saturated carbocycles. The van der Waals surface area contributed by atoms with E-state index in [1.165, 1.54) is 12.1 Å². The number of carbonyl (C=O) groups is 1. The molecule has 1 aromatic rings. The molecular formula is C16H23FN4O3. The summed E-state index contributed by atoms with van der Waals surface area (Å²) in [6.07, 6.45) is 1.29. The number of non-ortho nitro benzene ring substituents is 1. The summed E-state index contributed by atoms with van der Waals surface area (Å²) in [5, 5.41) is 13.6. The van der Waals surface area contributed by atoms with Gasteiger partial charge in [0.2, 0.25) is 5.91 Å². The fraction of sp³-hybridized carbons (Fsp3) is 0.562. The summed E-state index contributed by atoms with van der Waals surface area (Å²) in [5.74, 6) is -0.622. The van der Waals surface area contributed by atoms with E-state index in [0.29, 0.717) is 38.2 Å². The summed E-state index contributed by atoms with van der Waals surface area (Å²) >= 11 is 0. The van der Waals surface area contributed by atoms with Gasteiger partial charge in [-0.05, 0) is 33.0 Å². The number of hydrogen-bond donors (Lipinski definition) is 1. The third-order valence-corrected chi connectivity index (χ3v) is 4.21. The second kappa shape index (κ2) is 8.05. The maximum Gasteiger partial charge on any atom is 0.272 e. The first-order valence-electron chi connectivity index (χ1n) is 8.00. The zero-order chi connectivity index (χ0) is 17.7. The van der Waals surface area contributed by atoms with Crippen molar-refractivity contribution in [3.63, 3.8) is 0 Å². The summed E-state index contributed by atoms with van der Waals surface area (Å²) < 4.78 is 14.1. The van der Waals surface area contributed by atoms with E-state index in [0.717, 1.165) is 12.6 Å². The van der Waals surface area contributed by atoms with Crippen molar-refractivity contribution in [3.05, 3.63) is 34.1 Å². The Morgan fingerprint density at radius 1 is 1.42 bits per heavy atom. The van der Waals surface area contributed by atoms with Gasteiger partial charge < -0.3 is 15.1 Å². The van der Waals surface area contributed by atoms with Gasteiger partial charge in [-0.1, -0.05) is 0 Å². The van der Waals surface area contributed by atoms with Gasteiger partial charge in [-0.2, -0.15) is 0 Å². The van der Waals surface area contributed by atoms with Crippen LogP contribution < -0.4 is 10.2 Å². The van der Waals surface area contributed by atoms with E-state index in [4.69, 9.17) is 0 Å². The highest BCUT2D eigenvalue weighted by Gasteiger charge is 2.26. The highest BCUT2D eigenvalue weighted by molar-refractivity contribution is 5.79. The number of nitrogens with one attached hydrogen (secondary N) is 1. The van der Waals surface area contributed by atoms with Crippen LogP contribution in [0, 0.1) is 21.8 Å². The van der Waals surface area contributed by atoms with Gasteiger partial charge in [-0.25, -0.2) is 4.39 Å². The van der Waals surface area contributed by atoms with Crippen molar-refractivity contribution in [2.75, 3.05) is 45.2 Å². The van der Waals surface area contributed by atoms with Gasteiger partial charge in [0.25, 0.3) is 5.69 Å². The van der Waals surface area contributed by atoms with Crippen LogP contribution in [0.25, 0.3) is 0 Å². The third-order valence-electron chi connectivity index (χ3n) is 4.21. The predicted molar refractivity (Wildman–Crippen MR) is 89.6 cm³/mol. The molecule has 0 aromatic heterocycles. The van der Waals surface area contributed by atoms with Crippen molar-refractivity contribution >= 4 is 17.3 Å². The van der Waals surface area contributed by atoms with Gasteiger partial charge in [0.1, 0.15) is 0 Å². The Morgan fingerprint density at radius 2 is 2.08 bits per heavy atom. The van der Waals surface area contributed by atoms with Crippen molar-refractivity contribution in [2.24, 2.45) is 5.92 Å². The minimum absolute atomic E-state index is 0.0423. The molecule has 1 N–H and O–H groups in total. The van der Waals surface area contributed by atoms with Crippen molar-refractivity contribution in [3.8, 4) is 0 Å². The zero-order valence-corrected chi connectivity index (χ0v) is 14.0. The Bertz CT molecular complexity index is 601. The lowest BCUT2D eigenvalue weighted by Crippen LogP contribution is -2.42. The van der Waals surface area contributed by atoms with Crippen LogP contribution in [0.5, 0.6) is 0 Å². The molecule has 24 heavy (non-hydrogen) atoms. The molecule has 1 heterocycles. The molecule has 1 aliphatic heterocycles. The fourth-order valence-corrected chi connectivity index (χ4v) is 2.80. The van der Waals surface area contributed by atoms with Crippen LogP contribution in [0.2, 0.25) is 0 Å².